The lowest BCUT2D eigenvalue weighted by atomic mass is 10.1. The Balaban J connectivity index is 1.98. The number of nitrogens with zero attached hydrogens (tertiary/aromatic N) is 4. The number of fused-ring (bicyclic) bond motifs is 1. The van der Waals surface area contributed by atoms with Gasteiger partial charge in [0.05, 0.1) is 12.4 Å². The summed E-state index contributed by atoms with van der Waals surface area (Å²) >= 11 is 0. The molecular weight excluding hydrogens is 370 g/mol. The standard InChI is InChI=1S/C20H29N7O2/c1-4-15(5-2)27-11-24-17-18(22-10-13-8-14(21)6-7-16(13)29)25-20(26-19(17)27)23-9-12(3)28/h6-8,11-12,15,28-29H,4-5,9-10,21H2,1-3H3,(H2,22,23,25,26). The third kappa shape index (κ3) is 4.68. The van der Waals surface area contributed by atoms with Crippen LogP contribution in [0.3, 0.4) is 0 Å². The molecular formula is C20H29N7O2. The molecule has 0 bridgehead atoms. The maximum atomic E-state index is 10.1. The Labute approximate surface area is 170 Å². The number of aliphatic hydroxyl groups excluding tert-OH is 1. The van der Waals surface area contributed by atoms with Crippen molar-refractivity contribution in [2.45, 2.75) is 52.3 Å². The van der Waals surface area contributed by atoms with Crippen LogP contribution in [0.5, 0.6) is 5.75 Å². The number of benzene rings is 1. The molecule has 0 saturated carbocycles. The van der Waals surface area contributed by atoms with Gasteiger partial charge in [-0.15, -0.1) is 0 Å². The number of phenolic OH excluding ortho intramolecular Hbond substituents is 1. The minimum atomic E-state index is -0.529. The first-order valence-electron chi connectivity index (χ1n) is 9.90. The van der Waals surface area contributed by atoms with Crippen molar-refractivity contribution in [2.75, 3.05) is 22.9 Å². The van der Waals surface area contributed by atoms with E-state index >= 15 is 0 Å². The van der Waals surface area contributed by atoms with Crippen LogP contribution in [0.2, 0.25) is 0 Å². The van der Waals surface area contributed by atoms with Gasteiger partial charge in [-0.3, -0.25) is 0 Å². The Morgan fingerprint density at radius 3 is 2.62 bits per heavy atom. The van der Waals surface area contributed by atoms with Crippen LogP contribution in [0.15, 0.2) is 24.5 Å². The Morgan fingerprint density at radius 2 is 1.93 bits per heavy atom. The van der Waals surface area contributed by atoms with Crippen molar-refractivity contribution in [3.05, 3.63) is 30.1 Å². The number of anilines is 3. The molecule has 2 heterocycles. The quantitative estimate of drug-likeness (QED) is 0.274. The highest BCUT2D eigenvalue weighted by Gasteiger charge is 2.17. The monoisotopic (exact) mass is 399 g/mol. The lowest BCUT2D eigenvalue weighted by Gasteiger charge is -2.16. The average Bonchev–Trinajstić information content (AvgIpc) is 3.12. The van der Waals surface area contributed by atoms with Gasteiger partial charge in [-0.1, -0.05) is 13.8 Å². The summed E-state index contributed by atoms with van der Waals surface area (Å²) in [4.78, 5) is 13.7. The number of nitrogen functional groups attached to an aromatic ring is 1. The molecule has 3 rings (SSSR count). The van der Waals surface area contributed by atoms with Crippen LogP contribution < -0.4 is 16.4 Å². The van der Waals surface area contributed by atoms with E-state index in [1.54, 1.807) is 31.5 Å². The Hall–Kier alpha value is -3.07. The number of hydrogen-bond acceptors (Lipinski definition) is 8. The molecule has 1 unspecified atom stereocenters. The fraction of sp³-hybridized carbons (Fsp3) is 0.450. The van der Waals surface area contributed by atoms with E-state index in [9.17, 15) is 10.2 Å². The minimum Gasteiger partial charge on any atom is -0.508 e. The van der Waals surface area contributed by atoms with E-state index in [1.165, 1.54) is 0 Å². The molecule has 0 aliphatic heterocycles. The molecule has 2 aromatic heterocycles. The number of nitrogens with two attached hydrogens (primary N) is 1. The van der Waals surface area contributed by atoms with Gasteiger partial charge in [0.2, 0.25) is 5.95 Å². The van der Waals surface area contributed by atoms with E-state index in [4.69, 9.17) is 5.73 Å². The molecule has 6 N–H and O–H groups in total. The zero-order valence-electron chi connectivity index (χ0n) is 17.1. The van der Waals surface area contributed by atoms with Gasteiger partial charge in [-0.25, -0.2) is 4.98 Å². The summed E-state index contributed by atoms with van der Waals surface area (Å²) in [7, 11) is 0. The van der Waals surface area contributed by atoms with Crippen LogP contribution in [0.25, 0.3) is 11.2 Å². The Bertz CT molecular complexity index is 967. The van der Waals surface area contributed by atoms with Crippen LogP contribution >= 0.6 is 0 Å². The summed E-state index contributed by atoms with van der Waals surface area (Å²) in [5.41, 5.74) is 8.45. The van der Waals surface area contributed by atoms with Gasteiger partial charge in [0, 0.05) is 30.4 Å². The van der Waals surface area contributed by atoms with Crippen molar-refractivity contribution in [3.63, 3.8) is 0 Å². The first-order chi connectivity index (χ1) is 13.9. The Morgan fingerprint density at radius 1 is 1.17 bits per heavy atom. The molecule has 0 saturated heterocycles. The van der Waals surface area contributed by atoms with E-state index in [0.717, 1.165) is 18.5 Å². The highest BCUT2D eigenvalue weighted by Crippen LogP contribution is 2.27. The molecule has 0 fully saturated rings. The number of rotatable bonds is 9. The molecule has 0 radical (unpaired) electrons. The van der Waals surface area contributed by atoms with Gasteiger partial charge in [0.25, 0.3) is 0 Å². The summed E-state index contributed by atoms with van der Waals surface area (Å²) < 4.78 is 2.06. The van der Waals surface area contributed by atoms with Gasteiger partial charge in [0.1, 0.15) is 5.75 Å². The molecule has 29 heavy (non-hydrogen) atoms. The van der Waals surface area contributed by atoms with Crippen molar-refractivity contribution >= 4 is 28.6 Å². The maximum absolute atomic E-state index is 10.1. The van der Waals surface area contributed by atoms with Gasteiger partial charge in [-0.05, 0) is 38.0 Å². The fourth-order valence-corrected chi connectivity index (χ4v) is 3.23. The molecule has 0 aliphatic carbocycles. The molecule has 1 atom stereocenters. The highest BCUT2D eigenvalue weighted by atomic mass is 16.3. The van der Waals surface area contributed by atoms with Crippen molar-refractivity contribution in [1.82, 2.24) is 19.5 Å². The van der Waals surface area contributed by atoms with E-state index in [1.807, 2.05) is 0 Å². The number of hydrogen-bond donors (Lipinski definition) is 5. The fourth-order valence-electron chi connectivity index (χ4n) is 3.23. The van der Waals surface area contributed by atoms with E-state index in [2.05, 4.69) is 44.0 Å². The molecule has 1 aromatic carbocycles. The zero-order chi connectivity index (χ0) is 21.0. The largest absolute Gasteiger partial charge is 0.508 e. The number of aromatic nitrogens is 4. The van der Waals surface area contributed by atoms with Gasteiger partial charge < -0.3 is 31.1 Å². The predicted molar refractivity (Wildman–Crippen MR) is 115 cm³/mol. The van der Waals surface area contributed by atoms with Crippen LogP contribution in [-0.2, 0) is 6.54 Å². The topological polar surface area (TPSA) is 134 Å². The number of imidazole rings is 1. The lowest BCUT2D eigenvalue weighted by Crippen LogP contribution is -2.18. The van der Waals surface area contributed by atoms with Crippen LogP contribution in [0.4, 0.5) is 17.5 Å². The van der Waals surface area contributed by atoms with E-state index in [0.29, 0.717) is 41.6 Å². The normalized spacial score (nSPS) is 12.4. The van der Waals surface area contributed by atoms with Crippen LogP contribution in [-0.4, -0.2) is 42.4 Å². The van der Waals surface area contributed by atoms with Crippen molar-refractivity contribution < 1.29 is 10.2 Å². The average molecular weight is 399 g/mol. The third-order valence-electron chi connectivity index (χ3n) is 4.86. The minimum absolute atomic E-state index is 0.159. The van der Waals surface area contributed by atoms with Crippen LogP contribution in [0, 0.1) is 0 Å². The molecule has 156 valence electrons. The number of aliphatic hydroxyl groups is 1. The summed E-state index contributed by atoms with van der Waals surface area (Å²) in [5.74, 6) is 1.12. The number of phenols is 1. The molecule has 0 spiro atoms. The van der Waals surface area contributed by atoms with E-state index < -0.39 is 6.10 Å². The second-order valence-corrected chi connectivity index (χ2v) is 7.16. The van der Waals surface area contributed by atoms with Crippen molar-refractivity contribution in [1.29, 1.82) is 0 Å². The molecule has 9 nitrogen and oxygen atoms in total. The zero-order valence-corrected chi connectivity index (χ0v) is 17.1. The van der Waals surface area contributed by atoms with Crippen molar-refractivity contribution in [2.24, 2.45) is 0 Å². The second kappa shape index (κ2) is 8.95. The number of nitrogens with one attached hydrogen (secondary N) is 2. The summed E-state index contributed by atoms with van der Waals surface area (Å²) in [5, 5.41) is 26.0. The van der Waals surface area contributed by atoms with Gasteiger partial charge in [0.15, 0.2) is 17.0 Å². The van der Waals surface area contributed by atoms with Gasteiger partial charge in [-0.2, -0.15) is 9.97 Å². The molecule has 9 heteroatoms. The smallest absolute Gasteiger partial charge is 0.226 e. The maximum Gasteiger partial charge on any atom is 0.226 e. The van der Waals surface area contributed by atoms with Crippen molar-refractivity contribution in [3.8, 4) is 5.75 Å². The SMILES string of the molecule is CCC(CC)n1cnc2c(NCc3cc(N)ccc3O)nc(NCC(C)O)nc21. The highest BCUT2D eigenvalue weighted by molar-refractivity contribution is 5.84. The molecule has 0 aliphatic rings. The summed E-state index contributed by atoms with van der Waals surface area (Å²) in [6, 6.07) is 5.22. The first kappa shape index (κ1) is 20.7. The summed E-state index contributed by atoms with van der Waals surface area (Å²) in [6.07, 6.45) is 3.18. The third-order valence-corrected chi connectivity index (χ3v) is 4.86. The second-order valence-electron chi connectivity index (χ2n) is 7.16. The van der Waals surface area contributed by atoms with Crippen LogP contribution in [0.1, 0.15) is 45.2 Å². The van der Waals surface area contributed by atoms with Gasteiger partial charge >= 0.3 is 0 Å². The molecule has 3 aromatic rings. The Kier molecular flexibility index (Phi) is 6.38. The molecule has 0 amide bonds. The van der Waals surface area contributed by atoms with E-state index in [-0.39, 0.29) is 11.8 Å². The lowest BCUT2D eigenvalue weighted by molar-refractivity contribution is 0.208. The summed E-state index contributed by atoms with van der Waals surface area (Å²) in [6.45, 7) is 6.63. The predicted octanol–water partition coefficient (Wildman–Crippen LogP) is 2.88. The number of aromatic hydroxyl groups is 1. The first-order valence-corrected chi connectivity index (χ1v) is 9.90.